The second kappa shape index (κ2) is 8.29. The van der Waals surface area contributed by atoms with Gasteiger partial charge in [-0.05, 0) is 31.0 Å². The van der Waals surface area contributed by atoms with E-state index in [9.17, 15) is 19.5 Å². The van der Waals surface area contributed by atoms with E-state index >= 15 is 0 Å². The molecule has 2 aliphatic heterocycles. The van der Waals surface area contributed by atoms with Crippen molar-refractivity contribution < 1.29 is 19.5 Å². The zero-order valence-corrected chi connectivity index (χ0v) is 19.1. The summed E-state index contributed by atoms with van der Waals surface area (Å²) < 4.78 is 1.69. The van der Waals surface area contributed by atoms with Crippen molar-refractivity contribution >= 4 is 17.7 Å². The minimum absolute atomic E-state index is 0.0882. The van der Waals surface area contributed by atoms with Crippen LogP contribution in [0.5, 0.6) is 0 Å². The highest BCUT2D eigenvalue weighted by Crippen LogP contribution is 2.32. The highest BCUT2D eigenvalue weighted by molar-refractivity contribution is 5.93. The Hall–Kier alpha value is -3.64. The molecule has 0 radical (unpaired) electrons. The fourth-order valence-electron chi connectivity index (χ4n) is 4.79. The molecule has 1 saturated heterocycles. The van der Waals surface area contributed by atoms with Crippen molar-refractivity contribution in [2.24, 2.45) is 11.7 Å². The van der Waals surface area contributed by atoms with Crippen LogP contribution in [-0.4, -0.2) is 68.1 Å². The molecule has 1 aliphatic carbocycles. The molecule has 1 saturated carbocycles. The number of nitrogens with zero attached hydrogens (tertiary/aromatic N) is 4. The Bertz CT molecular complexity index is 1250. The largest absolute Gasteiger partial charge is 0.369 e. The summed E-state index contributed by atoms with van der Waals surface area (Å²) in [6.07, 6.45) is 3.76. The zero-order valence-electron chi connectivity index (χ0n) is 19.1. The van der Waals surface area contributed by atoms with E-state index in [1.54, 1.807) is 29.9 Å². The monoisotopic (exact) mass is 461 g/mol. The number of hydrogen-bond donors (Lipinski definition) is 2. The Morgan fingerprint density at radius 1 is 1.26 bits per heavy atom. The van der Waals surface area contributed by atoms with E-state index in [2.05, 4.69) is 16.9 Å². The highest BCUT2D eigenvalue weighted by Gasteiger charge is 2.42. The van der Waals surface area contributed by atoms with E-state index in [-0.39, 0.29) is 23.9 Å². The molecular weight excluding hydrogens is 434 g/mol. The summed E-state index contributed by atoms with van der Waals surface area (Å²) in [7, 11) is 1.64. The van der Waals surface area contributed by atoms with Crippen LogP contribution >= 0.6 is 0 Å². The molecule has 2 aromatic rings. The van der Waals surface area contributed by atoms with Crippen LogP contribution in [0.3, 0.4) is 0 Å². The van der Waals surface area contributed by atoms with Gasteiger partial charge in [0.05, 0.1) is 11.4 Å². The van der Waals surface area contributed by atoms with Gasteiger partial charge in [0.2, 0.25) is 11.5 Å². The predicted molar refractivity (Wildman–Crippen MR) is 123 cm³/mol. The standard InChI is InChI=1S/C25H27N5O4/c1-28-13-11-25(34,24(28)33)10-8-16-4-2-7-18(14-16)30-20-9-12-29(23(32)17-5-3-6-17)15-19(20)21(27-30)22(26)31/h2,4,7,14,17,34H,3,5-6,9,11-13,15H2,1H3,(H2,26,31)/t25-/m0/s1. The number of aromatic nitrogens is 2. The van der Waals surface area contributed by atoms with E-state index in [0.717, 1.165) is 25.0 Å². The van der Waals surface area contributed by atoms with Crippen molar-refractivity contribution in [3.8, 4) is 17.5 Å². The number of rotatable bonds is 3. The summed E-state index contributed by atoms with van der Waals surface area (Å²) in [4.78, 5) is 40.4. The smallest absolute Gasteiger partial charge is 0.269 e. The van der Waals surface area contributed by atoms with Crippen LogP contribution in [0.2, 0.25) is 0 Å². The number of nitrogens with two attached hydrogens (primary N) is 1. The van der Waals surface area contributed by atoms with Gasteiger partial charge in [-0.3, -0.25) is 14.4 Å². The first-order valence-electron chi connectivity index (χ1n) is 11.6. The molecule has 3 amide bonds. The summed E-state index contributed by atoms with van der Waals surface area (Å²) in [5.74, 6) is 4.84. The van der Waals surface area contributed by atoms with Crippen molar-refractivity contribution in [2.45, 2.75) is 44.2 Å². The molecule has 176 valence electrons. The Kier molecular flexibility index (Phi) is 5.41. The Labute approximate surface area is 197 Å². The van der Waals surface area contributed by atoms with Crippen LogP contribution < -0.4 is 5.73 Å². The molecule has 34 heavy (non-hydrogen) atoms. The number of benzene rings is 1. The highest BCUT2D eigenvalue weighted by atomic mass is 16.3. The molecule has 0 unspecified atom stereocenters. The maximum Gasteiger partial charge on any atom is 0.269 e. The van der Waals surface area contributed by atoms with Gasteiger partial charge in [0.1, 0.15) is 0 Å². The maximum atomic E-state index is 12.8. The summed E-state index contributed by atoms with van der Waals surface area (Å²) in [6, 6.07) is 7.23. The van der Waals surface area contributed by atoms with Gasteiger partial charge in [-0.2, -0.15) is 5.10 Å². The van der Waals surface area contributed by atoms with Crippen LogP contribution in [0, 0.1) is 17.8 Å². The van der Waals surface area contributed by atoms with Crippen molar-refractivity contribution in [2.75, 3.05) is 20.1 Å². The third-order valence-electron chi connectivity index (χ3n) is 7.07. The molecule has 9 heteroatoms. The molecule has 0 bridgehead atoms. The Morgan fingerprint density at radius 3 is 2.71 bits per heavy atom. The van der Waals surface area contributed by atoms with Gasteiger partial charge in [-0.15, -0.1) is 0 Å². The predicted octanol–water partition coefficient (Wildman–Crippen LogP) is 0.601. The summed E-state index contributed by atoms with van der Waals surface area (Å²) in [6.45, 7) is 1.35. The normalized spacial score (nSPS) is 22.1. The maximum absolute atomic E-state index is 12.8. The number of likely N-dealkylation sites (tertiary alicyclic amines) is 1. The number of aliphatic hydroxyl groups is 1. The molecule has 5 rings (SSSR count). The average molecular weight is 462 g/mol. The Balaban J connectivity index is 1.46. The number of likely N-dealkylation sites (N-methyl/N-ethyl adjacent to an activating group) is 1. The van der Waals surface area contributed by atoms with Crippen LogP contribution in [0.4, 0.5) is 0 Å². The van der Waals surface area contributed by atoms with Crippen LogP contribution in [0.25, 0.3) is 5.69 Å². The van der Waals surface area contributed by atoms with Gasteiger partial charge in [-0.1, -0.05) is 24.3 Å². The quantitative estimate of drug-likeness (QED) is 0.649. The number of carbonyl (C=O) groups is 3. The van der Waals surface area contributed by atoms with Gasteiger partial charge in [0.15, 0.2) is 5.69 Å². The van der Waals surface area contributed by atoms with Crippen LogP contribution in [0.1, 0.15) is 53.0 Å². The molecule has 3 aliphatic rings. The van der Waals surface area contributed by atoms with Gasteiger partial charge in [0.25, 0.3) is 11.8 Å². The van der Waals surface area contributed by atoms with Gasteiger partial charge >= 0.3 is 0 Å². The lowest BCUT2D eigenvalue weighted by Crippen LogP contribution is -2.42. The molecule has 0 spiro atoms. The summed E-state index contributed by atoms with van der Waals surface area (Å²) >= 11 is 0. The second-order valence-electron chi connectivity index (χ2n) is 9.32. The topological polar surface area (TPSA) is 122 Å². The SMILES string of the molecule is CN1CC[C@@](O)(C#Cc2cccc(-n3nc(C(N)=O)c4c3CCN(C(=O)C3CCC3)C4)c2)C1=O. The van der Waals surface area contributed by atoms with E-state index in [4.69, 9.17) is 5.73 Å². The fourth-order valence-corrected chi connectivity index (χ4v) is 4.79. The minimum atomic E-state index is -1.68. The lowest BCUT2D eigenvalue weighted by molar-refractivity contribution is -0.139. The second-order valence-corrected chi connectivity index (χ2v) is 9.32. The van der Waals surface area contributed by atoms with E-state index in [1.807, 2.05) is 11.0 Å². The molecule has 9 nitrogen and oxygen atoms in total. The number of amides is 3. The van der Waals surface area contributed by atoms with Crippen molar-refractivity contribution in [1.29, 1.82) is 0 Å². The van der Waals surface area contributed by atoms with Gasteiger partial charge in [-0.25, -0.2) is 4.68 Å². The molecule has 3 heterocycles. The number of primary amides is 1. The molecule has 1 aromatic heterocycles. The third kappa shape index (κ3) is 3.74. The number of hydrogen-bond acceptors (Lipinski definition) is 5. The molecule has 1 aromatic carbocycles. The molecule has 2 fully saturated rings. The Morgan fingerprint density at radius 2 is 2.06 bits per heavy atom. The van der Waals surface area contributed by atoms with Crippen molar-refractivity contribution in [1.82, 2.24) is 19.6 Å². The van der Waals surface area contributed by atoms with Crippen molar-refractivity contribution in [3.63, 3.8) is 0 Å². The van der Waals surface area contributed by atoms with E-state index in [1.165, 1.54) is 4.90 Å². The molecular formula is C25H27N5O4. The lowest BCUT2D eigenvalue weighted by atomic mass is 9.84. The number of fused-ring (bicyclic) bond motifs is 1. The van der Waals surface area contributed by atoms with Gasteiger partial charge < -0.3 is 20.6 Å². The minimum Gasteiger partial charge on any atom is -0.369 e. The molecule has 3 N–H and O–H groups in total. The number of carbonyl (C=O) groups excluding carboxylic acids is 3. The lowest BCUT2D eigenvalue weighted by Gasteiger charge is -2.34. The first kappa shape index (κ1) is 22.2. The first-order chi connectivity index (χ1) is 16.3. The zero-order chi connectivity index (χ0) is 24.0. The first-order valence-corrected chi connectivity index (χ1v) is 11.6. The van der Waals surface area contributed by atoms with Crippen LogP contribution in [-0.2, 0) is 22.6 Å². The van der Waals surface area contributed by atoms with Crippen molar-refractivity contribution in [3.05, 3.63) is 46.8 Å². The van der Waals surface area contributed by atoms with Gasteiger partial charge in [0, 0.05) is 56.6 Å². The van der Waals surface area contributed by atoms with E-state index < -0.39 is 17.4 Å². The fraction of sp³-hybridized carbons (Fsp3) is 0.440. The summed E-state index contributed by atoms with van der Waals surface area (Å²) in [5.41, 5.74) is 6.97. The molecule has 1 atom stereocenters. The van der Waals surface area contributed by atoms with E-state index in [0.29, 0.717) is 42.9 Å². The summed E-state index contributed by atoms with van der Waals surface area (Å²) in [5, 5.41) is 15.1. The van der Waals surface area contributed by atoms with Crippen LogP contribution in [0.15, 0.2) is 24.3 Å². The third-order valence-corrected chi connectivity index (χ3v) is 7.07. The average Bonchev–Trinajstić information content (AvgIpc) is 3.30.